The third-order valence-electron chi connectivity index (χ3n) is 3.46. The lowest BCUT2D eigenvalue weighted by Gasteiger charge is -2.26. The van der Waals surface area contributed by atoms with Crippen molar-refractivity contribution in [2.45, 2.75) is 32.7 Å². The number of rotatable bonds is 4. The molecule has 1 atom stereocenters. The van der Waals surface area contributed by atoms with Crippen molar-refractivity contribution in [3.8, 4) is 5.75 Å². The Morgan fingerprint density at radius 2 is 2.00 bits per heavy atom. The van der Waals surface area contributed by atoms with E-state index in [4.69, 9.17) is 4.74 Å². The van der Waals surface area contributed by atoms with Gasteiger partial charge in [-0.05, 0) is 43.0 Å². The molecule has 0 saturated carbocycles. The van der Waals surface area contributed by atoms with Gasteiger partial charge < -0.3 is 4.74 Å². The van der Waals surface area contributed by atoms with E-state index in [0.29, 0.717) is 6.04 Å². The van der Waals surface area contributed by atoms with Gasteiger partial charge in [0.2, 0.25) is 0 Å². The van der Waals surface area contributed by atoms with Crippen LogP contribution in [0.4, 0.5) is 0 Å². The number of hydrogen-bond donors (Lipinski definition) is 0. The summed E-state index contributed by atoms with van der Waals surface area (Å²) in [7, 11) is 1.72. The molecule has 94 valence electrons. The normalized spacial score (nSPS) is 21.1. The molecule has 1 aromatic rings. The van der Waals surface area contributed by atoms with Crippen LogP contribution in [0.15, 0.2) is 24.3 Å². The zero-order valence-corrected chi connectivity index (χ0v) is 11.1. The summed E-state index contributed by atoms with van der Waals surface area (Å²) in [4.78, 5) is 2.62. The molecule has 2 rings (SSSR count). The second kappa shape index (κ2) is 5.54. The van der Waals surface area contributed by atoms with Crippen LogP contribution in [0.25, 0.3) is 0 Å². The van der Waals surface area contributed by atoms with Gasteiger partial charge in [-0.3, -0.25) is 4.90 Å². The number of methoxy groups -OCH3 is 1. The van der Waals surface area contributed by atoms with Crippen LogP contribution in [0, 0.1) is 5.92 Å². The summed E-state index contributed by atoms with van der Waals surface area (Å²) >= 11 is 0. The van der Waals surface area contributed by atoms with E-state index in [1.54, 1.807) is 7.11 Å². The van der Waals surface area contributed by atoms with Crippen LogP contribution < -0.4 is 4.74 Å². The van der Waals surface area contributed by atoms with Crippen molar-refractivity contribution in [1.82, 2.24) is 4.90 Å². The molecule has 0 bridgehead atoms. The molecule has 2 heteroatoms. The largest absolute Gasteiger partial charge is 0.497 e. The van der Waals surface area contributed by atoms with Crippen molar-refractivity contribution in [3.63, 3.8) is 0 Å². The van der Waals surface area contributed by atoms with Crippen LogP contribution in [0.1, 0.15) is 38.3 Å². The second-order valence-electron chi connectivity index (χ2n) is 5.32. The van der Waals surface area contributed by atoms with Crippen molar-refractivity contribution in [2.75, 3.05) is 20.2 Å². The predicted octanol–water partition coefficient (Wildman–Crippen LogP) is 3.49. The lowest BCUT2D eigenvalue weighted by Crippen LogP contribution is -2.27. The van der Waals surface area contributed by atoms with Gasteiger partial charge in [-0.25, -0.2) is 0 Å². The van der Waals surface area contributed by atoms with E-state index < -0.39 is 0 Å². The van der Waals surface area contributed by atoms with Gasteiger partial charge in [0.1, 0.15) is 5.75 Å². The number of likely N-dealkylation sites (tertiary alicyclic amines) is 1. The van der Waals surface area contributed by atoms with Crippen LogP contribution in [-0.4, -0.2) is 25.1 Å². The number of benzene rings is 1. The van der Waals surface area contributed by atoms with Gasteiger partial charge in [-0.15, -0.1) is 0 Å². The average molecular weight is 233 g/mol. The maximum Gasteiger partial charge on any atom is 0.118 e. The van der Waals surface area contributed by atoms with E-state index in [0.717, 1.165) is 11.7 Å². The molecule has 17 heavy (non-hydrogen) atoms. The third-order valence-corrected chi connectivity index (χ3v) is 3.46. The van der Waals surface area contributed by atoms with Gasteiger partial charge in [0, 0.05) is 12.6 Å². The molecule has 0 aromatic heterocycles. The zero-order chi connectivity index (χ0) is 12.3. The summed E-state index contributed by atoms with van der Waals surface area (Å²) in [5.41, 5.74) is 1.43. The van der Waals surface area contributed by atoms with Gasteiger partial charge in [0.05, 0.1) is 7.11 Å². The van der Waals surface area contributed by atoms with Crippen LogP contribution in [-0.2, 0) is 0 Å². The molecule has 1 heterocycles. The Kier molecular flexibility index (Phi) is 4.06. The molecular formula is C15H23NO. The first kappa shape index (κ1) is 12.4. The molecule has 1 aliphatic rings. The fourth-order valence-electron chi connectivity index (χ4n) is 2.72. The molecule has 1 saturated heterocycles. The molecule has 0 aliphatic carbocycles. The Labute approximate surface area is 105 Å². The van der Waals surface area contributed by atoms with Gasteiger partial charge in [-0.2, -0.15) is 0 Å². The molecule has 0 radical (unpaired) electrons. The zero-order valence-electron chi connectivity index (χ0n) is 11.1. The van der Waals surface area contributed by atoms with E-state index in [1.807, 2.05) is 0 Å². The van der Waals surface area contributed by atoms with E-state index >= 15 is 0 Å². The highest BCUT2D eigenvalue weighted by molar-refractivity contribution is 5.29. The minimum absolute atomic E-state index is 0.614. The first-order chi connectivity index (χ1) is 8.20. The number of ether oxygens (including phenoxy) is 1. The van der Waals surface area contributed by atoms with E-state index in [9.17, 15) is 0 Å². The highest BCUT2D eigenvalue weighted by atomic mass is 16.5. The molecule has 1 fully saturated rings. The molecule has 0 spiro atoms. The van der Waals surface area contributed by atoms with Crippen molar-refractivity contribution >= 4 is 0 Å². The molecule has 0 amide bonds. The van der Waals surface area contributed by atoms with Crippen molar-refractivity contribution in [3.05, 3.63) is 29.8 Å². The minimum atomic E-state index is 0.614. The quantitative estimate of drug-likeness (QED) is 0.789. The Balaban J connectivity index is 2.08. The second-order valence-corrected chi connectivity index (χ2v) is 5.32. The third kappa shape index (κ3) is 3.01. The standard InChI is InChI=1S/C15H23NO/c1-12(2)11-16-10-4-5-15(16)13-6-8-14(17-3)9-7-13/h6-9,12,15H,4-5,10-11H2,1-3H3/t15-/m1/s1. The average Bonchev–Trinajstić information content (AvgIpc) is 2.76. The Hall–Kier alpha value is -1.02. The van der Waals surface area contributed by atoms with Crippen LogP contribution in [0.5, 0.6) is 5.75 Å². The Morgan fingerprint density at radius 3 is 2.59 bits per heavy atom. The van der Waals surface area contributed by atoms with Crippen molar-refractivity contribution in [1.29, 1.82) is 0 Å². The van der Waals surface area contributed by atoms with Crippen LogP contribution in [0.3, 0.4) is 0 Å². The van der Waals surface area contributed by atoms with Gasteiger partial charge >= 0.3 is 0 Å². The molecule has 0 N–H and O–H groups in total. The summed E-state index contributed by atoms with van der Waals surface area (Å²) in [6, 6.07) is 9.18. The summed E-state index contributed by atoms with van der Waals surface area (Å²) in [6.07, 6.45) is 2.61. The van der Waals surface area contributed by atoms with Crippen molar-refractivity contribution in [2.24, 2.45) is 5.92 Å². The molecule has 2 nitrogen and oxygen atoms in total. The Bertz CT molecular complexity index is 344. The van der Waals surface area contributed by atoms with Crippen LogP contribution >= 0.6 is 0 Å². The topological polar surface area (TPSA) is 12.5 Å². The summed E-state index contributed by atoms with van der Waals surface area (Å²) < 4.78 is 5.21. The summed E-state index contributed by atoms with van der Waals surface area (Å²) in [5, 5.41) is 0. The number of nitrogens with zero attached hydrogens (tertiary/aromatic N) is 1. The smallest absolute Gasteiger partial charge is 0.118 e. The fraction of sp³-hybridized carbons (Fsp3) is 0.600. The van der Waals surface area contributed by atoms with Gasteiger partial charge in [0.25, 0.3) is 0 Å². The minimum Gasteiger partial charge on any atom is -0.497 e. The number of hydrogen-bond acceptors (Lipinski definition) is 2. The van der Waals surface area contributed by atoms with Crippen molar-refractivity contribution < 1.29 is 4.74 Å². The summed E-state index contributed by atoms with van der Waals surface area (Å²) in [5.74, 6) is 1.69. The first-order valence-corrected chi connectivity index (χ1v) is 6.58. The molecular weight excluding hydrogens is 210 g/mol. The lowest BCUT2D eigenvalue weighted by molar-refractivity contribution is 0.229. The maximum atomic E-state index is 5.21. The fourth-order valence-corrected chi connectivity index (χ4v) is 2.72. The Morgan fingerprint density at radius 1 is 1.29 bits per heavy atom. The van der Waals surface area contributed by atoms with Gasteiger partial charge in [0.15, 0.2) is 0 Å². The van der Waals surface area contributed by atoms with E-state index in [2.05, 4.69) is 43.0 Å². The molecule has 0 unspecified atom stereocenters. The predicted molar refractivity (Wildman–Crippen MR) is 71.4 cm³/mol. The van der Waals surface area contributed by atoms with E-state index in [-0.39, 0.29) is 0 Å². The summed E-state index contributed by atoms with van der Waals surface area (Å²) in [6.45, 7) is 7.04. The van der Waals surface area contributed by atoms with Crippen LogP contribution in [0.2, 0.25) is 0 Å². The maximum absolute atomic E-state index is 5.21. The SMILES string of the molecule is COc1ccc([C@H]2CCCN2CC(C)C)cc1. The highest BCUT2D eigenvalue weighted by Crippen LogP contribution is 2.33. The highest BCUT2D eigenvalue weighted by Gasteiger charge is 2.25. The molecule has 1 aliphatic heterocycles. The first-order valence-electron chi connectivity index (χ1n) is 6.58. The lowest BCUT2D eigenvalue weighted by atomic mass is 10.0. The molecule has 1 aromatic carbocycles. The van der Waals surface area contributed by atoms with Gasteiger partial charge in [-0.1, -0.05) is 26.0 Å². The monoisotopic (exact) mass is 233 g/mol. The van der Waals surface area contributed by atoms with E-state index in [1.165, 1.54) is 31.5 Å².